The number of hydrogen-bond donors (Lipinski definition) is 2. The molecule has 1 aromatic heterocycles. The van der Waals surface area contributed by atoms with Gasteiger partial charge >= 0.3 is 12.7 Å². The minimum Gasteiger partial charge on any atom is -0.489 e. The van der Waals surface area contributed by atoms with Gasteiger partial charge in [-0.25, -0.2) is 14.2 Å². The van der Waals surface area contributed by atoms with Gasteiger partial charge in [-0.2, -0.15) is 8.78 Å². The first-order valence-corrected chi connectivity index (χ1v) is 13.1. The summed E-state index contributed by atoms with van der Waals surface area (Å²) in [5.74, 6) is -1.13. The van der Waals surface area contributed by atoms with E-state index < -0.39 is 35.9 Å². The van der Waals surface area contributed by atoms with Crippen LogP contribution in [0.1, 0.15) is 67.9 Å². The van der Waals surface area contributed by atoms with Crippen molar-refractivity contribution in [1.29, 1.82) is 0 Å². The molecule has 0 radical (unpaired) electrons. The third kappa shape index (κ3) is 8.38. The van der Waals surface area contributed by atoms with E-state index in [2.05, 4.69) is 15.0 Å². The topological polar surface area (TPSA) is 126 Å². The zero-order chi connectivity index (χ0) is 29.7. The molecule has 0 aliphatic heterocycles. The summed E-state index contributed by atoms with van der Waals surface area (Å²) in [4.78, 5) is 29.5. The summed E-state index contributed by atoms with van der Waals surface area (Å²) in [5.41, 5.74) is 5.26. The number of carbonyl (C=O) groups is 2. The lowest BCUT2D eigenvalue weighted by Gasteiger charge is -2.24. The number of carbonyl (C=O) groups excluding carboxylic acids is 2. The molecule has 12 heteroatoms. The van der Waals surface area contributed by atoms with Crippen molar-refractivity contribution >= 4 is 12.0 Å². The monoisotopic (exact) mass is 575 g/mol. The number of aromatic nitrogens is 1. The fourth-order valence-corrected chi connectivity index (χ4v) is 4.06. The normalized spacial score (nSPS) is 14.0. The summed E-state index contributed by atoms with van der Waals surface area (Å²) in [6.45, 7) is 2.79. The lowest BCUT2D eigenvalue weighted by Crippen LogP contribution is -2.27. The number of benzene rings is 2. The molecule has 0 bridgehead atoms. The third-order valence-electron chi connectivity index (χ3n) is 6.19. The highest BCUT2D eigenvalue weighted by atomic mass is 19.3. The molecule has 0 saturated heterocycles. The van der Waals surface area contributed by atoms with Crippen LogP contribution < -0.4 is 20.5 Å². The molecule has 4 rings (SSSR count). The molecule has 1 heterocycles. The molecule has 1 atom stereocenters. The van der Waals surface area contributed by atoms with Gasteiger partial charge in [0.25, 0.3) is 5.91 Å². The summed E-state index contributed by atoms with van der Waals surface area (Å²) >= 11 is 0. The molecule has 2 amide bonds. The van der Waals surface area contributed by atoms with Crippen LogP contribution >= 0.6 is 0 Å². The number of alkyl halides is 2. The van der Waals surface area contributed by atoms with Crippen LogP contribution in [0.3, 0.4) is 0 Å². The molecule has 0 spiro atoms. The molecule has 1 saturated carbocycles. The fraction of sp³-hybridized carbons (Fsp3) is 0.414. The van der Waals surface area contributed by atoms with Gasteiger partial charge in [-0.3, -0.25) is 4.79 Å². The van der Waals surface area contributed by atoms with E-state index >= 15 is 0 Å². The number of ether oxygens (including phenoxy) is 3. The Balaban J connectivity index is 1.72. The van der Waals surface area contributed by atoms with Gasteiger partial charge in [0.2, 0.25) is 5.89 Å². The minimum atomic E-state index is -3.06. The zero-order valence-corrected chi connectivity index (χ0v) is 22.9. The largest absolute Gasteiger partial charge is 0.489 e. The van der Waals surface area contributed by atoms with Crippen LogP contribution in [0.25, 0.3) is 11.5 Å². The van der Waals surface area contributed by atoms with Crippen LogP contribution in [-0.4, -0.2) is 30.2 Å². The second-order valence-corrected chi connectivity index (χ2v) is 11.0. The van der Waals surface area contributed by atoms with Crippen LogP contribution in [0, 0.1) is 17.2 Å². The van der Waals surface area contributed by atoms with Crippen molar-refractivity contribution in [2.45, 2.75) is 59.3 Å². The van der Waals surface area contributed by atoms with Gasteiger partial charge in [0.1, 0.15) is 5.82 Å². The average molecular weight is 576 g/mol. The number of rotatable bonds is 12. The Morgan fingerprint density at radius 3 is 2.51 bits per heavy atom. The smallest absolute Gasteiger partial charge is 0.405 e. The Morgan fingerprint density at radius 2 is 1.88 bits per heavy atom. The van der Waals surface area contributed by atoms with Gasteiger partial charge in [0, 0.05) is 17.7 Å². The van der Waals surface area contributed by atoms with Crippen molar-refractivity contribution in [2.24, 2.45) is 17.1 Å². The van der Waals surface area contributed by atoms with Crippen molar-refractivity contribution < 1.29 is 41.4 Å². The Bertz CT molecular complexity index is 1380. The second kappa shape index (κ2) is 12.5. The van der Waals surface area contributed by atoms with E-state index in [0.29, 0.717) is 18.1 Å². The van der Waals surface area contributed by atoms with Crippen molar-refractivity contribution in [3.63, 3.8) is 0 Å². The van der Waals surface area contributed by atoms with E-state index in [-0.39, 0.29) is 47.4 Å². The molecule has 9 nitrogen and oxygen atoms in total. The Hall–Kier alpha value is -4.22. The quantitative estimate of drug-likeness (QED) is 0.257. The highest BCUT2D eigenvalue weighted by Crippen LogP contribution is 2.39. The molecule has 220 valence electrons. The average Bonchev–Trinajstić information content (AvgIpc) is 3.61. The van der Waals surface area contributed by atoms with Crippen LogP contribution in [0.4, 0.5) is 18.0 Å². The number of oxazole rings is 1. The first-order valence-electron chi connectivity index (χ1n) is 13.1. The van der Waals surface area contributed by atoms with E-state index in [9.17, 15) is 22.8 Å². The SMILES string of the molecule is CC(C)(C)CC(OC(N)=O)c1oc(-c2ccc(OC(F)F)c(OCC3CC3)c2)nc1C(=O)NCc1ccccc1F. The third-order valence-corrected chi connectivity index (χ3v) is 6.19. The van der Waals surface area contributed by atoms with E-state index in [1.807, 2.05) is 20.8 Å². The molecule has 3 N–H and O–H groups in total. The predicted molar refractivity (Wildman–Crippen MR) is 142 cm³/mol. The predicted octanol–water partition coefficient (Wildman–Crippen LogP) is 6.37. The van der Waals surface area contributed by atoms with Crippen LogP contribution in [0.5, 0.6) is 11.5 Å². The summed E-state index contributed by atoms with van der Waals surface area (Å²) in [6, 6.07) is 10.1. The number of nitrogens with two attached hydrogens (primary N) is 1. The minimum absolute atomic E-state index is 0.0552. The summed E-state index contributed by atoms with van der Waals surface area (Å²) in [6.07, 6.45) is 0.00601. The molecule has 1 aliphatic carbocycles. The lowest BCUT2D eigenvalue weighted by molar-refractivity contribution is -0.0515. The second-order valence-electron chi connectivity index (χ2n) is 11.0. The fourth-order valence-electron chi connectivity index (χ4n) is 4.06. The van der Waals surface area contributed by atoms with Crippen LogP contribution in [-0.2, 0) is 11.3 Å². The molecular weight excluding hydrogens is 543 g/mol. The highest BCUT2D eigenvalue weighted by Gasteiger charge is 2.33. The molecule has 2 aromatic carbocycles. The maximum atomic E-state index is 14.1. The van der Waals surface area contributed by atoms with Gasteiger partial charge < -0.3 is 29.7 Å². The number of primary amides is 1. The summed E-state index contributed by atoms with van der Waals surface area (Å²) < 4.78 is 61.8. The van der Waals surface area contributed by atoms with Crippen molar-refractivity contribution in [1.82, 2.24) is 10.3 Å². The summed E-state index contributed by atoms with van der Waals surface area (Å²) in [7, 11) is 0. The van der Waals surface area contributed by atoms with Crippen molar-refractivity contribution in [3.8, 4) is 23.0 Å². The maximum absolute atomic E-state index is 14.1. The first kappa shape index (κ1) is 29.8. The van der Waals surface area contributed by atoms with Crippen LogP contribution in [0.2, 0.25) is 0 Å². The summed E-state index contributed by atoms with van der Waals surface area (Å²) in [5, 5.41) is 2.61. The maximum Gasteiger partial charge on any atom is 0.405 e. The van der Waals surface area contributed by atoms with Gasteiger partial charge in [-0.15, -0.1) is 0 Å². The number of nitrogens with one attached hydrogen (secondary N) is 1. The number of halogens is 3. The number of hydrogen-bond acceptors (Lipinski definition) is 7. The molecular formula is C29H32F3N3O6. The van der Waals surface area contributed by atoms with Gasteiger partial charge in [0.05, 0.1) is 6.61 Å². The molecule has 1 aliphatic rings. The van der Waals surface area contributed by atoms with Gasteiger partial charge in [-0.1, -0.05) is 39.0 Å². The Kier molecular flexibility index (Phi) is 9.09. The Morgan fingerprint density at radius 1 is 1.15 bits per heavy atom. The molecule has 1 unspecified atom stereocenters. The Labute approximate surface area is 235 Å². The highest BCUT2D eigenvalue weighted by molar-refractivity contribution is 5.94. The van der Waals surface area contributed by atoms with Gasteiger partial charge in [-0.05, 0) is 54.9 Å². The first-order chi connectivity index (χ1) is 19.4. The van der Waals surface area contributed by atoms with Gasteiger partial charge in [0.15, 0.2) is 29.1 Å². The van der Waals surface area contributed by atoms with E-state index in [4.69, 9.17) is 19.6 Å². The van der Waals surface area contributed by atoms with Crippen LogP contribution in [0.15, 0.2) is 46.9 Å². The van der Waals surface area contributed by atoms with E-state index in [0.717, 1.165) is 12.8 Å². The van der Waals surface area contributed by atoms with E-state index in [1.54, 1.807) is 6.07 Å². The standard InChI is InChI=1S/C29H32F3N3O6/c1-29(2,3)13-22(40-28(33)37)24-23(25(36)34-14-18-6-4-5-7-19(18)30)35-26(41-24)17-10-11-20(39-27(31)32)21(12-17)38-15-16-8-9-16/h4-7,10-12,16,22,27H,8-9,13-15H2,1-3H3,(H2,33,37)(H,34,36). The zero-order valence-electron chi connectivity index (χ0n) is 22.9. The number of amides is 2. The molecule has 41 heavy (non-hydrogen) atoms. The van der Waals surface area contributed by atoms with E-state index in [1.165, 1.54) is 36.4 Å². The number of nitrogens with zero attached hydrogens (tertiary/aromatic N) is 1. The molecule has 3 aromatic rings. The molecule has 1 fully saturated rings. The van der Waals surface area contributed by atoms with Crippen molar-refractivity contribution in [2.75, 3.05) is 6.61 Å². The van der Waals surface area contributed by atoms with Crippen molar-refractivity contribution in [3.05, 3.63) is 65.3 Å². The lowest BCUT2D eigenvalue weighted by atomic mass is 9.88.